The lowest BCUT2D eigenvalue weighted by Crippen LogP contribution is -2.06. The molecule has 0 aromatic heterocycles. The monoisotopic (exact) mass is 204 g/mol. The Kier molecular flexibility index (Phi) is 3.38. The van der Waals surface area contributed by atoms with E-state index in [1.54, 1.807) is 0 Å². The summed E-state index contributed by atoms with van der Waals surface area (Å²) in [5.74, 6) is -3.26. The number of hydrogen-bond acceptors (Lipinski definition) is 1. The zero-order valence-electron chi connectivity index (χ0n) is 7.98. The molecular formula is C10H11F3O. The number of rotatable bonds is 3. The van der Waals surface area contributed by atoms with E-state index < -0.39 is 17.5 Å². The van der Waals surface area contributed by atoms with Gasteiger partial charge >= 0.3 is 0 Å². The normalized spacial score (nSPS) is 10.7. The molecule has 0 saturated carbocycles. The van der Waals surface area contributed by atoms with Gasteiger partial charge in [0.1, 0.15) is 0 Å². The lowest BCUT2D eigenvalue weighted by atomic mass is 10.2. The summed E-state index contributed by atoms with van der Waals surface area (Å²) in [4.78, 5) is 0. The molecule has 1 aromatic rings. The Morgan fingerprint density at radius 3 is 2.21 bits per heavy atom. The van der Waals surface area contributed by atoms with E-state index in [0.717, 1.165) is 0 Å². The van der Waals surface area contributed by atoms with Gasteiger partial charge in [-0.15, -0.1) is 0 Å². The maximum absolute atomic E-state index is 12.9. The molecule has 0 aliphatic carbocycles. The van der Waals surface area contributed by atoms with Gasteiger partial charge in [0.05, 0.1) is 6.61 Å². The standard InChI is InChI=1S/C10H11F3O/c1-6(2)5-14-10-4-8(12)7(11)3-9(10)13/h3-4,6H,5H2,1-2H3. The van der Waals surface area contributed by atoms with Gasteiger partial charge in [-0.1, -0.05) is 13.8 Å². The van der Waals surface area contributed by atoms with E-state index in [0.29, 0.717) is 12.1 Å². The molecule has 78 valence electrons. The predicted octanol–water partition coefficient (Wildman–Crippen LogP) is 3.14. The van der Waals surface area contributed by atoms with Crippen LogP contribution < -0.4 is 4.74 Å². The highest BCUT2D eigenvalue weighted by Gasteiger charge is 2.10. The van der Waals surface area contributed by atoms with Crippen molar-refractivity contribution in [3.8, 4) is 5.75 Å². The van der Waals surface area contributed by atoms with E-state index in [1.165, 1.54) is 0 Å². The summed E-state index contributed by atoms with van der Waals surface area (Å²) in [6.07, 6.45) is 0. The SMILES string of the molecule is CC(C)COc1cc(F)c(F)cc1F. The third-order valence-corrected chi connectivity index (χ3v) is 1.55. The molecule has 4 heteroatoms. The molecule has 1 aromatic carbocycles. The Morgan fingerprint density at radius 2 is 1.64 bits per heavy atom. The maximum atomic E-state index is 12.9. The van der Waals surface area contributed by atoms with Gasteiger partial charge < -0.3 is 4.74 Å². The quantitative estimate of drug-likeness (QED) is 0.687. The molecule has 0 N–H and O–H groups in total. The molecular weight excluding hydrogens is 193 g/mol. The Hall–Kier alpha value is -1.19. The molecule has 0 amide bonds. The Bertz CT molecular complexity index is 323. The highest BCUT2D eigenvalue weighted by molar-refractivity contribution is 5.25. The van der Waals surface area contributed by atoms with E-state index in [4.69, 9.17) is 4.74 Å². The number of ether oxygens (including phenoxy) is 1. The van der Waals surface area contributed by atoms with Crippen LogP contribution in [0.15, 0.2) is 12.1 Å². The van der Waals surface area contributed by atoms with Gasteiger partial charge in [0.25, 0.3) is 0 Å². The Morgan fingerprint density at radius 1 is 1.07 bits per heavy atom. The van der Waals surface area contributed by atoms with Crippen LogP contribution >= 0.6 is 0 Å². The lowest BCUT2D eigenvalue weighted by Gasteiger charge is -2.09. The van der Waals surface area contributed by atoms with Crippen LogP contribution in [-0.4, -0.2) is 6.61 Å². The van der Waals surface area contributed by atoms with Gasteiger partial charge in [-0.3, -0.25) is 0 Å². The highest BCUT2D eigenvalue weighted by Crippen LogP contribution is 2.21. The van der Waals surface area contributed by atoms with Crippen LogP contribution in [0.25, 0.3) is 0 Å². The van der Waals surface area contributed by atoms with Gasteiger partial charge in [-0.05, 0) is 5.92 Å². The molecule has 0 radical (unpaired) electrons. The van der Waals surface area contributed by atoms with Gasteiger partial charge in [-0.2, -0.15) is 0 Å². The predicted molar refractivity (Wildman–Crippen MR) is 46.6 cm³/mol. The average molecular weight is 204 g/mol. The first-order valence-corrected chi connectivity index (χ1v) is 4.28. The minimum atomic E-state index is -1.21. The van der Waals surface area contributed by atoms with Crippen molar-refractivity contribution < 1.29 is 17.9 Å². The first-order valence-electron chi connectivity index (χ1n) is 4.28. The molecule has 0 spiro atoms. The van der Waals surface area contributed by atoms with Crippen LogP contribution in [0.3, 0.4) is 0 Å². The molecule has 0 unspecified atom stereocenters. The molecule has 0 aliphatic rings. The number of benzene rings is 1. The average Bonchev–Trinajstić information content (AvgIpc) is 2.09. The summed E-state index contributed by atoms with van der Waals surface area (Å²) in [7, 11) is 0. The summed E-state index contributed by atoms with van der Waals surface area (Å²) < 4.78 is 43.1. The largest absolute Gasteiger partial charge is 0.490 e. The van der Waals surface area contributed by atoms with Gasteiger partial charge in [0, 0.05) is 12.1 Å². The van der Waals surface area contributed by atoms with Crippen LogP contribution in [-0.2, 0) is 0 Å². The summed E-state index contributed by atoms with van der Waals surface area (Å²) in [5, 5.41) is 0. The van der Waals surface area contributed by atoms with Gasteiger partial charge in [-0.25, -0.2) is 13.2 Å². The molecule has 0 heterocycles. The molecule has 0 fully saturated rings. The summed E-state index contributed by atoms with van der Waals surface area (Å²) in [6, 6.07) is 1.19. The smallest absolute Gasteiger partial charge is 0.168 e. The van der Waals surface area contributed by atoms with Crippen LogP contribution in [0.5, 0.6) is 5.75 Å². The highest BCUT2D eigenvalue weighted by atomic mass is 19.2. The van der Waals surface area contributed by atoms with Crippen molar-refractivity contribution in [3.63, 3.8) is 0 Å². The van der Waals surface area contributed by atoms with Crippen molar-refractivity contribution >= 4 is 0 Å². The molecule has 1 nitrogen and oxygen atoms in total. The van der Waals surface area contributed by atoms with Crippen molar-refractivity contribution in [1.82, 2.24) is 0 Å². The maximum Gasteiger partial charge on any atom is 0.168 e. The minimum absolute atomic E-state index is 0.197. The van der Waals surface area contributed by atoms with Crippen molar-refractivity contribution in [2.45, 2.75) is 13.8 Å². The molecule has 14 heavy (non-hydrogen) atoms. The Balaban J connectivity index is 2.82. The van der Waals surface area contributed by atoms with Crippen LogP contribution in [0, 0.1) is 23.4 Å². The summed E-state index contributed by atoms with van der Waals surface area (Å²) >= 11 is 0. The third kappa shape index (κ3) is 2.65. The van der Waals surface area contributed by atoms with Crippen LogP contribution in [0.1, 0.15) is 13.8 Å². The third-order valence-electron chi connectivity index (χ3n) is 1.55. The van der Waals surface area contributed by atoms with E-state index in [1.807, 2.05) is 13.8 Å². The van der Waals surface area contributed by atoms with Crippen molar-refractivity contribution in [1.29, 1.82) is 0 Å². The topological polar surface area (TPSA) is 9.23 Å². The zero-order valence-corrected chi connectivity index (χ0v) is 7.98. The Labute approximate surface area is 80.5 Å². The summed E-state index contributed by atoms with van der Waals surface area (Å²) in [6.45, 7) is 4.01. The fourth-order valence-electron chi connectivity index (χ4n) is 0.871. The molecule has 0 aliphatic heterocycles. The van der Waals surface area contributed by atoms with E-state index in [9.17, 15) is 13.2 Å². The molecule has 0 bridgehead atoms. The lowest BCUT2D eigenvalue weighted by molar-refractivity contribution is 0.256. The molecule has 1 rings (SSSR count). The molecule has 0 saturated heterocycles. The minimum Gasteiger partial charge on any atom is -0.490 e. The summed E-state index contributed by atoms with van der Waals surface area (Å²) in [5.41, 5.74) is 0. The van der Waals surface area contributed by atoms with Gasteiger partial charge in [0.15, 0.2) is 23.2 Å². The van der Waals surface area contributed by atoms with Crippen molar-refractivity contribution in [3.05, 3.63) is 29.6 Å². The second-order valence-electron chi connectivity index (χ2n) is 3.40. The fraction of sp³-hybridized carbons (Fsp3) is 0.400. The van der Waals surface area contributed by atoms with Crippen LogP contribution in [0.4, 0.5) is 13.2 Å². The van der Waals surface area contributed by atoms with Crippen LogP contribution in [0.2, 0.25) is 0 Å². The first-order chi connectivity index (χ1) is 6.50. The van der Waals surface area contributed by atoms with E-state index in [2.05, 4.69) is 0 Å². The van der Waals surface area contributed by atoms with E-state index in [-0.39, 0.29) is 18.3 Å². The zero-order chi connectivity index (χ0) is 10.7. The van der Waals surface area contributed by atoms with Crippen molar-refractivity contribution in [2.24, 2.45) is 5.92 Å². The number of hydrogen-bond donors (Lipinski definition) is 0. The second-order valence-corrected chi connectivity index (χ2v) is 3.40. The molecule has 0 atom stereocenters. The number of halogens is 3. The fourth-order valence-corrected chi connectivity index (χ4v) is 0.871. The second kappa shape index (κ2) is 4.35. The van der Waals surface area contributed by atoms with Gasteiger partial charge in [0.2, 0.25) is 0 Å². The van der Waals surface area contributed by atoms with E-state index >= 15 is 0 Å². The van der Waals surface area contributed by atoms with Crippen molar-refractivity contribution in [2.75, 3.05) is 6.61 Å². The first kappa shape index (κ1) is 10.9.